The molecule has 0 aliphatic heterocycles. The van der Waals surface area contributed by atoms with Crippen LogP contribution >= 0.6 is 0 Å². The fourth-order valence-corrected chi connectivity index (χ4v) is 2.14. The smallest absolute Gasteiger partial charge is 0.269 e. The number of benzene rings is 3. The number of rotatable bonds is 5. The summed E-state index contributed by atoms with van der Waals surface area (Å²) in [6.07, 6.45) is 0. The molecule has 0 amide bonds. The largest absolute Gasteiger partial charge is 0.457 e. The lowest BCUT2D eigenvalue weighted by molar-refractivity contribution is -0.384. The highest BCUT2D eigenvalue weighted by Crippen LogP contribution is 2.31. The highest BCUT2D eigenvalue weighted by atomic mass is 16.6. The fraction of sp³-hybridized carbons (Fsp3) is 0.0526. The van der Waals surface area contributed by atoms with E-state index in [2.05, 4.69) is 0 Å². The molecule has 3 aromatic carbocycles. The molecule has 3 aromatic rings. The Morgan fingerprint density at radius 2 is 1.42 bits per heavy atom. The van der Waals surface area contributed by atoms with E-state index in [0.29, 0.717) is 17.2 Å². The van der Waals surface area contributed by atoms with Gasteiger partial charge in [-0.1, -0.05) is 24.3 Å². The van der Waals surface area contributed by atoms with Gasteiger partial charge in [0.15, 0.2) is 0 Å². The summed E-state index contributed by atoms with van der Waals surface area (Å²) >= 11 is 0. The maximum Gasteiger partial charge on any atom is 0.269 e. The topological polar surface area (TPSA) is 61.6 Å². The van der Waals surface area contributed by atoms with Crippen LogP contribution in [0.2, 0.25) is 0 Å². The predicted octanol–water partition coefficient (Wildman–Crippen LogP) is 5.49. The number of nitro groups is 1. The van der Waals surface area contributed by atoms with E-state index in [1.165, 1.54) is 12.1 Å². The van der Waals surface area contributed by atoms with Crippen molar-refractivity contribution in [1.82, 2.24) is 0 Å². The Hall–Kier alpha value is -3.34. The molecule has 5 nitrogen and oxygen atoms in total. The molecule has 0 N–H and O–H groups in total. The van der Waals surface area contributed by atoms with Crippen molar-refractivity contribution >= 4 is 5.69 Å². The molecule has 0 aliphatic rings. The molecule has 0 fully saturated rings. The van der Waals surface area contributed by atoms with Crippen molar-refractivity contribution in [2.24, 2.45) is 0 Å². The summed E-state index contributed by atoms with van der Waals surface area (Å²) in [5, 5.41) is 10.7. The van der Waals surface area contributed by atoms with Gasteiger partial charge in [-0.3, -0.25) is 10.1 Å². The number of aryl methyl sites for hydroxylation is 1. The van der Waals surface area contributed by atoms with Crippen molar-refractivity contribution < 1.29 is 14.4 Å². The van der Waals surface area contributed by atoms with Gasteiger partial charge >= 0.3 is 0 Å². The molecule has 120 valence electrons. The summed E-state index contributed by atoms with van der Waals surface area (Å²) in [4.78, 5) is 10.2. The molecule has 0 radical (unpaired) electrons. The maximum atomic E-state index is 10.7. The van der Waals surface area contributed by atoms with Crippen molar-refractivity contribution in [2.75, 3.05) is 0 Å². The normalized spacial score (nSPS) is 10.2. The van der Waals surface area contributed by atoms with Crippen LogP contribution in [0.5, 0.6) is 23.0 Å². The van der Waals surface area contributed by atoms with Crippen LogP contribution in [0.3, 0.4) is 0 Å². The van der Waals surface area contributed by atoms with Crippen molar-refractivity contribution in [1.29, 1.82) is 0 Å². The molecule has 0 atom stereocenters. The molecule has 24 heavy (non-hydrogen) atoms. The Morgan fingerprint density at radius 1 is 0.792 bits per heavy atom. The lowest BCUT2D eigenvalue weighted by atomic mass is 10.2. The van der Waals surface area contributed by atoms with Gasteiger partial charge in [0.2, 0.25) is 0 Å². The number of nitro benzene ring substituents is 1. The highest BCUT2D eigenvalue weighted by molar-refractivity contribution is 5.45. The number of non-ortho nitro benzene ring substituents is 1. The second kappa shape index (κ2) is 6.83. The van der Waals surface area contributed by atoms with Crippen molar-refractivity contribution in [2.45, 2.75) is 6.92 Å². The summed E-state index contributed by atoms with van der Waals surface area (Å²) in [7, 11) is 0. The molecule has 0 spiro atoms. The number of hydrogen-bond donors (Lipinski definition) is 0. The molecule has 3 rings (SSSR count). The van der Waals surface area contributed by atoms with Crippen LogP contribution in [-0.2, 0) is 0 Å². The first-order valence-electron chi connectivity index (χ1n) is 7.38. The van der Waals surface area contributed by atoms with Crippen molar-refractivity contribution in [3.8, 4) is 23.0 Å². The molecule has 0 unspecified atom stereocenters. The van der Waals surface area contributed by atoms with E-state index in [-0.39, 0.29) is 5.69 Å². The number of nitrogens with zero attached hydrogens (tertiary/aromatic N) is 1. The molecular formula is C19H15NO4. The van der Waals surface area contributed by atoms with Crippen LogP contribution in [0.4, 0.5) is 5.69 Å². The van der Waals surface area contributed by atoms with E-state index >= 15 is 0 Å². The Labute approximate surface area is 139 Å². The monoisotopic (exact) mass is 321 g/mol. The zero-order valence-electron chi connectivity index (χ0n) is 13.0. The average molecular weight is 321 g/mol. The Bertz CT molecular complexity index is 845. The summed E-state index contributed by atoms with van der Waals surface area (Å²) < 4.78 is 11.6. The van der Waals surface area contributed by atoms with Crippen LogP contribution in [0.25, 0.3) is 0 Å². The first-order chi connectivity index (χ1) is 11.6. The van der Waals surface area contributed by atoms with Crippen molar-refractivity contribution in [3.63, 3.8) is 0 Å². The second-order valence-corrected chi connectivity index (χ2v) is 5.20. The molecule has 5 heteroatoms. The quantitative estimate of drug-likeness (QED) is 0.460. The van der Waals surface area contributed by atoms with Gasteiger partial charge in [-0.15, -0.1) is 0 Å². The minimum atomic E-state index is -0.443. The third kappa shape index (κ3) is 3.70. The SMILES string of the molecule is Cc1ccc(Oc2ccc([N+](=O)[O-])cc2)cc1Oc1ccccc1. The van der Waals surface area contributed by atoms with Gasteiger partial charge in [0, 0.05) is 18.2 Å². The molecule has 0 saturated carbocycles. The van der Waals surface area contributed by atoms with Gasteiger partial charge in [0.25, 0.3) is 5.69 Å². The molecule has 0 aromatic heterocycles. The van der Waals surface area contributed by atoms with Crippen LogP contribution in [0, 0.1) is 17.0 Å². The Kier molecular flexibility index (Phi) is 4.43. The number of hydrogen-bond acceptors (Lipinski definition) is 4. The van der Waals surface area contributed by atoms with E-state index < -0.39 is 4.92 Å². The minimum Gasteiger partial charge on any atom is -0.457 e. The number of para-hydroxylation sites is 1. The molecule has 0 heterocycles. The molecule has 0 bridgehead atoms. The van der Waals surface area contributed by atoms with Crippen LogP contribution in [0.15, 0.2) is 72.8 Å². The third-order valence-electron chi connectivity index (χ3n) is 3.41. The molecule has 0 aliphatic carbocycles. The predicted molar refractivity (Wildman–Crippen MR) is 90.9 cm³/mol. The Balaban J connectivity index is 1.79. The van der Waals surface area contributed by atoms with Crippen LogP contribution in [-0.4, -0.2) is 4.92 Å². The standard InChI is InChI=1S/C19H15NO4/c1-14-7-10-18(13-19(14)24-16-5-3-2-4-6-16)23-17-11-8-15(9-12-17)20(21)22/h2-13H,1H3. The van der Waals surface area contributed by atoms with Gasteiger partial charge in [-0.2, -0.15) is 0 Å². The second-order valence-electron chi connectivity index (χ2n) is 5.20. The van der Waals surface area contributed by atoms with E-state index in [9.17, 15) is 10.1 Å². The first-order valence-corrected chi connectivity index (χ1v) is 7.38. The Morgan fingerprint density at radius 3 is 2.08 bits per heavy atom. The van der Waals surface area contributed by atoms with Crippen LogP contribution < -0.4 is 9.47 Å². The average Bonchev–Trinajstić information content (AvgIpc) is 2.59. The highest BCUT2D eigenvalue weighted by Gasteiger charge is 2.07. The summed E-state index contributed by atoms with van der Waals surface area (Å²) in [6, 6.07) is 21.0. The summed E-state index contributed by atoms with van der Waals surface area (Å²) in [5.74, 6) is 2.56. The minimum absolute atomic E-state index is 0.0272. The van der Waals surface area contributed by atoms with E-state index in [4.69, 9.17) is 9.47 Å². The summed E-state index contributed by atoms with van der Waals surface area (Å²) in [5.41, 5.74) is 1.01. The lowest BCUT2D eigenvalue weighted by Gasteiger charge is -2.11. The molecular weight excluding hydrogens is 306 g/mol. The van der Waals surface area contributed by atoms with Gasteiger partial charge < -0.3 is 9.47 Å². The molecule has 0 saturated heterocycles. The fourth-order valence-electron chi connectivity index (χ4n) is 2.14. The van der Waals surface area contributed by atoms with E-state index in [0.717, 1.165) is 11.3 Å². The number of ether oxygens (including phenoxy) is 2. The third-order valence-corrected chi connectivity index (χ3v) is 3.41. The van der Waals surface area contributed by atoms with E-state index in [1.807, 2.05) is 49.4 Å². The maximum absolute atomic E-state index is 10.7. The lowest BCUT2D eigenvalue weighted by Crippen LogP contribution is -1.91. The van der Waals surface area contributed by atoms with E-state index in [1.54, 1.807) is 18.2 Å². The zero-order valence-corrected chi connectivity index (χ0v) is 13.0. The van der Waals surface area contributed by atoms with Gasteiger partial charge in [-0.05, 0) is 42.8 Å². The zero-order chi connectivity index (χ0) is 16.9. The van der Waals surface area contributed by atoms with Gasteiger partial charge in [-0.25, -0.2) is 0 Å². The van der Waals surface area contributed by atoms with Gasteiger partial charge in [0.05, 0.1) is 4.92 Å². The van der Waals surface area contributed by atoms with Crippen LogP contribution in [0.1, 0.15) is 5.56 Å². The first kappa shape index (κ1) is 15.6. The van der Waals surface area contributed by atoms with Gasteiger partial charge in [0.1, 0.15) is 23.0 Å². The summed E-state index contributed by atoms with van der Waals surface area (Å²) in [6.45, 7) is 1.95. The van der Waals surface area contributed by atoms with Crippen molar-refractivity contribution in [3.05, 3.63) is 88.5 Å².